The average molecular weight is 177 g/mol. The van der Waals surface area contributed by atoms with Gasteiger partial charge in [-0.15, -0.1) is 0 Å². The van der Waals surface area contributed by atoms with Gasteiger partial charge in [-0.1, -0.05) is 31.5 Å². The normalized spacial score (nSPS) is 9.42. The van der Waals surface area contributed by atoms with Crippen LogP contribution in [0.3, 0.4) is 0 Å². The zero-order chi connectivity index (χ0) is 9.14. The third-order valence-electron chi connectivity index (χ3n) is 1.77. The van der Waals surface area contributed by atoms with Gasteiger partial charge in [-0.2, -0.15) is 0 Å². The second-order valence-corrected chi connectivity index (χ2v) is 2.94. The first-order valence-electron chi connectivity index (χ1n) is 3.65. The Bertz CT molecular complexity index is 374. The molecular formula is C10H11NS. The van der Waals surface area contributed by atoms with Crippen molar-refractivity contribution < 1.29 is 0 Å². The quantitative estimate of drug-likeness (QED) is 0.628. The summed E-state index contributed by atoms with van der Waals surface area (Å²) in [7, 11) is 1.96. The van der Waals surface area contributed by atoms with Gasteiger partial charge in [0.05, 0.1) is 0 Å². The number of nitrogens with zero attached hydrogens (tertiary/aromatic N) is 1. The molecule has 12 heavy (non-hydrogen) atoms. The SMILES string of the molecule is C=Cc1c(C=C)n(C)ccc1=S. The van der Waals surface area contributed by atoms with Crippen molar-refractivity contribution in [1.29, 1.82) is 0 Å². The maximum atomic E-state index is 5.13. The van der Waals surface area contributed by atoms with Gasteiger partial charge in [-0.05, 0) is 12.1 Å². The first-order chi connectivity index (χ1) is 5.70. The largest absolute Gasteiger partial charge is 0.350 e. The Kier molecular flexibility index (Phi) is 2.61. The molecule has 1 heterocycles. The molecule has 0 atom stereocenters. The van der Waals surface area contributed by atoms with Crippen molar-refractivity contribution in [3.8, 4) is 0 Å². The van der Waals surface area contributed by atoms with Crippen LogP contribution in [0, 0.1) is 4.51 Å². The molecule has 0 saturated carbocycles. The summed E-state index contributed by atoms with van der Waals surface area (Å²) in [6.45, 7) is 7.44. The van der Waals surface area contributed by atoms with E-state index in [9.17, 15) is 0 Å². The molecule has 1 aromatic heterocycles. The van der Waals surface area contributed by atoms with Gasteiger partial charge in [0.25, 0.3) is 0 Å². The van der Waals surface area contributed by atoms with Crippen LogP contribution in [0.4, 0.5) is 0 Å². The molecule has 1 aromatic rings. The van der Waals surface area contributed by atoms with Crippen molar-refractivity contribution in [2.24, 2.45) is 7.05 Å². The molecule has 1 rings (SSSR count). The van der Waals surface area contributed by atoms with E-state index in [-0.39, 0.29) is 0 Å². The van der Waals surface area contributed by atoms with E-state index in [2.05, 4.69) is 13.2 Å². The molecule has 0 aromatic carbocycles. The van der Waals surface area contributed by atoms with Gasteiger partial charge in [0.15, 0.2) is 0 Å². The summed E-state index contributed by atoms with van der Waals surface area (Å²) in [4.78, 5) is 0. The fraction of sp³-hybridized carbons (Fsp3) is 0.100. The highest BCUT2D eigenvalue weighted by atomic mass is 32.1. The van der Waals surface area contributed by atoms with Crippen LogP contribution in [0.15, 0.2) is 25.4 Å². The van der Waals surface area contributed by atoms with Crippen molar-refractivity contribution in [3.05, 3.63) is 41.2 Å². The van der Waals surface area contributed by atoms with Crippen molar-refractivity contribution in [1.82, 2.24) is 4.57 Å². The average Bonchev–Trinajstić information content (AvgIpc) is 2.08. The van der Waals surface area contributed by atoms with Gasteiger partial charge in [0.1, 0.15) is 0 Å². The lowest BCUT2D eigenvalue weighted by molar-refractivity contribution is 0.886. The van der Waals surface area contributed by atoms with E-state index in [1.54, 1.807) is 12.2 Å². The van der Waals surface area contributed by atoms with Crippen LogP contribution < -0.4 is 0 Å². The Hall–Kier alpha value is -1.15. The van der Waals surface area contributed by atoms with E-state index in [4.69, 9.17) is 12.2 Å². The Balaban J connectivity index is 3.59. The number of hydrogen-bond donors (Lipinski definition) is 0. The topological polar surface area (TPSA) is 4.93 Å². The monoisotopic (exact) mass is 177 g/mol. The number of aryl methyl sites for hydroxylation is 1. The molecule has 0 radical (unpaired) electrons. The highest BCUT2D eigenvalue weighted by molar-refractivity contribution is 7.71. The van der Waals surface area contributed by atoms with Crippen LogP contribution in [-0.2, 0) is 7.05 Å². The van der Waals surface area contributed by atoms with E-state index < -0.39 is 0 Å². The smallest absolute Gasteiger partial charge is 0.0485 e. The van der Waals surface area contributed by atoms with E-state index in [0.717, 1.165) is 15.8 Å². The predicted molar refractivity (Wildman–Crippen MR) is 56.4 cm³/mol. The van der Waals surface area contributed by atoms with Crippen molar-refractivity contribution in [3.63, 3.8) is 0 Å². The fourth-order valence-electron chi connectivity index (χ4n) is 1.12. The Morgan fingerprint density at radius 1 is 1.42 bits per heavy atom. The minimum Gasteiger partial charge on any atom is -0.350 e. The van der Waals surface area contributed by atoms with Crippen molar-refractivity contribution in [2.75, 3.05) is 0 Å². The molecule has 0 aliphatic heterocycles. The maximum Gasteiger partial charge on any atom is 0.0485 e. The van der Waals surface area contributed by atoms with Gasteiger partial charge >= 0.3 is 0 Å². The minimum atomic E-state index is 0.818. The molecule has 0 spiro atoms. The predicted octanol–water partition coefficient (Wildman–Crippen LogP) is 3.04. The maximum absolute atomic E-state index is 5.13. The molecule has 1 nitrogen and oxygen atoms in total. The lowest BCUT2D eigenvalue weighted by Crippen LogP contribution is -1.98. The van der Waals surface area contributed by atoms with Gasteiger partial charge in [0.2, 0.25) is 0 Å². The van der Waals surface area contributed by atoms with E-state index in [1.807, 2.05) is 23.9 Å². The van der Waals surface area contributed by atoms with Crippen molar-refractivity contribution >= 4 is 24.4 Å². The summed E-state index contributed by atoms with van der Waals surface area (Å²) < 4.78 is 2.79. The van der Waals surface area contributed by atoms with Crippen LogP contribution in [0.2, 0.25) is 0 Å². The highest BCUT2D eigenvalue weighted by Gasteiger charge is 1.98. The molecular weight excluding hydrogens is 166 g/mol. The molecule has 0 aliphatic carbocycles. The van der Waals surface area contributed by atoms with Gasteiger partial charge < -0.3 is 4.57 Å². The van der Waals surface area contributed by atoms with E-state index >= 15 is 0 Å². The lowest BCUT2D eigenvalue weighted by Gasteiger charge is -2.07. The number of pyridine rings is 1. The summed E-state index contributed by atoms with van der Waals surface area (Å²) in [5.41, 5.74) is 1.99. The summed E-state index contributed by atoms with van der Waals surface area (Å²) in [5.74, 6) is 0. The first kappa shape index (κ1) is 8.94. The third kappa shape index (κ3) is 1.38. The molecule has 62 valence electrons. The van der Waals surface area contributed by atoms with Gasteiger partial charge in [-0.25, -0.2) is 0 Å². The van der Waals surface area contributed by atoms with Gasteiger partial charge in [0, 0.05) is 29.0 Å². The standard InChI is InChI=1S/C10H11NS/c1-4-8-9(5-2)11(3)7-6-10(8)12/h4-7H,1-2H2,3H3. The minimum absolute atomic E-state index is 0.818. The van der Waals surface area contributed by atoms with Gasteiger partial charge in [-0.3, -0.25) is 0 Å². The second-order valence-electron chi connectivity index (χ2n) is 2.50. The molecule has 0 fully saturated rings. The van der Waals surface area contributed by atoms with Crippen LogP contribution in [0.25, 0.3) is 12.2 Å². The van der Waals surface area contributed by atoms with Crippen LogP contribution >= 0.6 is 12.2 Å². The molecule has 0 saturated heterocycles. The van der Waals surface area contributed by atoms with Crippen LogP contribution in [0.1, 0.15) is 11.3 Å². The zero-order valence-corrected chi connectivity index (χ0v) is 7.90. The summed E-state index contributed by atoms with van der Waals surface area (Å²) in [6.07, 6.45) is 5.47. The summed E-state index contributed by atoms with van der Waals surface area (Å²) >= 11 is 5.13. The van der Waals surface area contributed by atoms with E-state index in [0.29, 0.717) is 0 Å². The fourth-order valence-corrected chi connectivity index (χ4v) is 1.37. The number of aromatic nitrogens is 1. The third-order valence-corrected chi connectivity index (χ3v) is 2.12. The zero-order valence-electron chi connectivity index (χ0n) is 7.08. The first-order valence-corrected chi connectivity index (χ1v) is 4.06. The van der Waals surface area contributed by atoms with Crippen LogP contribution in [0.5, 0.6) is 0 Å². The molecule has 0 unspecified atom stereocenters. The summed E-state index contributed by atoms with van der Waals surface area (Å²) in [6, 6.07) is 1.89. The Labute approximate surface area is 77.7 Å². The molecule has 0 N–H and O–H groups in total. The summed E-state index contributed by atoms with van der Waals surface area (Å²) in [5, 5.41) is 0. The van der Waals surface area contributed by atoms with Crippen molar-refractivity contribution in [2.45, 2.75) is 0 Å². The van der Waals surface area contributed by atoms with Crippen LogP contribution in [-0.4, -0.2) is 4.57 Å². The Morgan fingerprint density at radius 3 is 2.50 bits per heavy atom. The molecule has 0 bridgehead atoms. The second kappa shape index (κ2) is 3.50. The van der Waals surface area contributed by atoms with E-state index in [1.165, 1.54) is 0 Å². The highest BCUT2D eigenvalue weighted by Crippen LogP contribution is 2.12. The lowest BCUT2D eigenvalue weighted by atomic mass is 10.2. The molecule has 2 heteroatoms. The number of hydrogen-bond acceptors (Lipinski definition) is 1. The Morgan fingerprint density at radius 2 is 2.08 bits per heavy atom. The molecule has 0 aliphatic rings. The number of rotatable bonds is 2. The molecule has 0 amide bonds.